The number of carbonyl (C=O) groups is 3. The summed E-state index contributed by atoms with van der Waals surface area (Å²) in [5.41, 5.74) is -0.305. The van der Waals surface area contributed by atoms with Crippen LogP contribution in [0.2, 0.25) is 0 Å². The number of halogens is 2. The number of nitrogens with zero attached hydrogens (tertiary/aromatic N) is 1. The summed E-state index contributed by atoms with van der Waals surface area (Å²) in [5, 5.41) is 0. The molecule has 0 bridgehead atoms. The minimum atomic E-state index is -0.984. The zero-order valence-corrected chi connectivity index (χ0v) is 11.3. The second-order valence-electron chi connectivity index (χ2n) is 4.68. The van der Waals surface area contributed by atoms with E-state index in [9.17, 15) is 23.2 Å². The Labute approximate surface area is 119 Å². The molecule has 1 aromatic rings. The van der Waals surface area contributed by atoms with Crippen molar-refractivity contribution in [3.8, 4) is 0 Å². The molecular formula is C14H13F2NO4. The van der Waals surface area contributed by atoms with E-state index in [-0.39, 0.29) is 25.1 Å². The number of hydrogen-bond donors (Lipinski definition) is 0. The van der Waals surface area contributed by atoms with Crippen LogP contribution in [0.15, 0.2) is 18.2 Å². The summed E-state index contributed by atoms with van der Waals surface area (Å²) in [6.45, 7) is -0.170. The van der Waals surface area contributed by atoms with Gasteiger partial charge in [-0.2, -0.15) is 0 Å². The van der Waals surface area contributed by atoms with Crippen molar-refractivity contribution in [1.82, 2.24) is 4.90 Å². The zero-order chi connectivity index (χ0) is 15.6. The molecule has 0 saturated carbocycles. The maximum Gasteiger partial charge on any atom is 0.316 e. The summed E-state index contributed by atoms with van der Waals surface area (Å²) >= 11 is 0. The molecule has 0 aromatic heterocycles. The van der Waals surface area contributed by atoms with Crippen molar-refractivity contribution in [1.29, 1.82) is 0 Å². The Kier molecular flexibility index (Phi) is 4.30. The third kappa shape index (κ3) is 3.07. The number of benzene rings is 1. The molecule has 2 rings (SSSR count). The molecule has 1 atom stereocenters. The van der Waals surface area contributed by atoms with Gasteiger partial charge in [0, 0.05) is 12.6 Å². The topological polar surface area (TPSA) is 63.7 Å². The SMILES string of the molecule is COC(=O)C1CCN(C(=O)c2ccc(F)cc2F)CC1=O. The standard InChI is InChI=1S/C14H13F2NO4/c1-21-14(20)10-4-5-17(7-12(10)18)13(19)9-3-2-8(15)6-11(9)16/h2-3,6,10H,4-5,7H2,1H3. The van der Waals surface area contributed by atoms with Crippen LogP contribution in [0.25, 0.3) is 0 Å². The summed E-state index contributed by atoms with van der Waals surface area (Å²) in [6, 6.07) is 2.61. The number of hydrogen-bond acceptors (Lipinski definition) is 4. The predicted molar refractivity (Wildman–Crippen MR) is 67.4 cm³/mol. The molecule has 1 aliphatic heterocycles. The van der Waals surface area contributed by atoms with Crippen molar-refractivity contribution >= 4 is 17.7 Å². The van der Waals surface area contributed by atoms with Gasteiger partial charge in [0.1, 0.15) is 17.6 Å². The van der Waals surface area contributed by atoms with Crippen LogP contribution in [0.5, 0.6) is 0 Å². The maximum atomic E-state index is 13.6. The smallest absolute Gasteiger partial charge is 0.316 e. The average Bonchev–Trinajstić information content (AvgIpc) is 2.45. The van der Waals surface area contributed by atoms with Crippen LogP contribution < -0.4 is 0 Å². The lowest BCUT2D eigenvalue weighted by Crippen LogP contribution is -2.46. The summed E-state index contributed by atoms with van der Waals surface area (Å²) in [5.74, 6) is -4.46. The van der Waals surface area contributed by atoms with E-state index < -0.39 is 35.2 Å². The number of methoxy groups -OCH3 is 1. The largest absolute Gasteiger partial charge is 0.468 e. The molecule has 7 heteroatoms. The van der Waals surface area contributed by atoms with Crippen LogP contribution in [0.1, 0.15) is 16.8 Å². The van der Waals surface area contributed by atoms with E-state index in [1.54, 1.807) is 0 Å². The molecule has 1 aromatic carbocycles. The molecule has 1 saturated heterocycles. The van der Waals surface area contributed by atoms with Gasteiger partial charge in [0.15, 0.2) is 5.78 Å². The van der Waals surface area contributed by atoms with Crippen molar-refractivity contribution < 1.29 is 27.9 Å². The normalized spacial score (nSPS) is 18.5. The third-order valence-electron chi connectivity index (χ3n) is 3.36. The van der Waals surface area contributed by atoms with Gasteiger partial charge in [-0.05, 0) is 18.6 Å². The maximum absolute atomic E-state index is 13.6. The molecule has 0 spiro atoms. The van der Waals surface area contributed by atoms with Gasteiger partial charge in [0.25, 0.3) is 5.91 Å². The summed E-state index contributed by atoms with van der Waals surface area (Å²) in [6.07, 6.45) is 0.125. The first-order chi connectivity index (χ1) is 9.93. The Morgan fingerprint density at radius 3 is 2.62 bits per heavy atom. The molecular weight excluding hydrogens is 284 g/mol. The lowest BCUT2D eigenvalue weighted by molar-refractivity contribution is -0.151. The summed E-state index contributed by atoms with van der Waals surface area (Å²) in [4.78, 5) is 36.5. The van der Waals surface area contributed by atoms with E-state index in [4.69, 9.17) is 0 Å². The molecule has 1 aliphatic rings. The Hall–Kier alpha value is -2.31. The molecule has 112 valence electrons. The molecule has 0 radical (unpaired) electrons. The Balaban J connectivity index is 2.12. The highest BCUT2D eigenvalue weighted by Crippen LogP contribution is 2.19. The van der Waals surface area contributed by atoms with Crippen LogP contribution in [0.3, 0.4) is 0 Å². The lowest BCUT2D eigenvalue weighted by Gasteiger charge is -2.29. The molecule has 1 unspecified atom stereocenters. The zero-order valence-electron chi connectivity index (χ0n) is 11.3. The average molecular weight is 297 g/mol. The highest BCUT2D eigenvalue weighted by Gasteiger charge is 2.35. The first-order valence-electron chi connectivity index (χ1n) is 6.29. The van der Waals surface area contributed by atoms with E-state index >= 15 is 0 Å². The summed E-state index contributed by atoms with van der Waals surface area (Å²) < 4.78 is 30.9. The molecule has 1 amide bonds. The number of likely N-dealkylation sites (tertiary alicyclic amines) is 1. The van der Waals surface area contributed by atoms with Gasteiger partial charge in [0.2, 0.25) is 0 Å². The van der Waals surface area contributed by atoms with E-state index in [2.05, 4.69) is 4.74 Å². The Morgan fingerprint density at radius 1 is 1.33 bits per heavy atom. The number of Topliss-reactive ketones (excluding diaryl/α,β-unsaturated/α-hetero) is 1. The van der Waals surface area contributed by atoms with E-state index in [0.29, 0.717) is 6.07 Å². The quantitative estimate of drug-likeness (QED) is 0.607. The highest BCUT2D eigenvalue weighted by atomic mass is 19.1. The van der Waals surface area contributed by atoms with Gasteiger partial charge < -0.3 is 9.64 Å². The van der Waals surface area contributed by atoms with Crippen LogP contribution in [-0.2, 0) is 14.3 Å². The molecule has 0 aliphatic carbocycles. The monoisotopic (exact) mass is 297 g/mol. The number of esters is 1. The number of carbonyl (C=O) groups excluding carboxylic acids is 3. The third-order valence-corrected chi connectivity index (χ3v) is 3.36. The molecule has 1 heterocycles. The summed E-state index contributed by atoms with van der Waals surface area (Å²) in [7, 11) is 1.18. The highest BCUT2D eigenvalue weighted by molar-refractivity contribution is 6.04. The lowest BCUT2D eigenvalue weighted by atomic mass is 9.95. The van der Waals surface area contributed by atoms with Crippen LogP contribution in [-0.4, -0.2) is 42.8 Å². The fourth-order valence-electron chi connectivity index (χ4n) is 2.22. The van der Waals surface area contributed by atoms with E-state index in [0.717, 1.165) is 17.0 Å². The fraction of sp³-hybridized carbons (Fsp3) is 0.357. The van der Waals surface area contributed by atoms with Crippen LogP contribution >= 0.6 is 0 Å². The minimum Gasteiger partial charge on any atom is -0.468 e. The number of amides is 1. The second-order valence-corrected chi connectivity index (χ2v) is 4.68. The number of rotatable bonds is 2. The van der Waals surface area contributed by atoms with Crippen LogP contribution in [0, 0.1) is 17.6 Å². The van der Waals surface area contributed by atoms with Crippen molar-refractivity contribution in [3.05, 3.63) is 35.4 Å². The fourth-order valence-corrected chi connectivity index (χ4v) is 2.22. The predicted octanol–water partition coefficient (Wildman–Crippen LogP) is 1.17. The number of ether oxygens (including phenoxy) is 1. The van der Waals surface area contributed by atoms with Gasteiger partial charge in [0.05, 0.1) is 19.2 Å². The molecule has 5 nitrogen and oxygen atoms in total. The van der Waals surface area contributed by atoms with Gasteiger partial charge in [-0.15, -0.1) is 0 Å². The molecule has 21 heavy (non-hydrogen) atoms. The molecule has 0 N–H and O–H groups in total. The second kappa shape index (κ2) is 5.99. The van der Waals surface area contributed by atoms with Gasteiger partial charge >= 0.3 is 5.97 Å². The Morgan fingerprint density at radius 2 is 2.05 bits per heavy atom. The number of ketones is 1. The van der Waals surface area contributed by atoms with Crippen LogP contribution in [0.4, 0.5) is 8.78 Å². The van der Waals surface area contributed by atoms with Gasteiger partial charge in [-0.1, -0.05) is 0 Å². The number of piperidine rings is 1. The van der Waals surface area contributed by atoms with E-state index in [1.807, 2.05) is 0 Å². The van der Waals surface area contributed by atoms with Crippen molar-refractivity contribution in [2.75, 3.05) is 20.2 Å². The van der Waals surface area contributed by atoms with E-state index in [1.165, 1.54) is 7.11 Å². The molecule has 1 fully saturated rings. The Bertz CT molecular complexity index is 603. The van der Waals surface area contributed by atoms with Gasteiger partial charge in [-0.3, -0.25) is 14.4 Å². The minimum absolute atomic E-state index is 0.125. The van der Waals surface area contributed by atoms with Crippen molar-refractivity contribution in [2.24, 2.45) is 5.92 Å². The van der Waals surface area contributed by atoms with Crippen molar-refractivity contribution in [3.63, 3.8) is 0 Å². The van der Waals surface area contributed by atoms with Gasteiger partial charge in [-0.25, -0.2) is 8.78 Å². The first-order valence-corrected chi connectivity index (χ1v) is 6.29. The van der Waals surface area contributed by atoms with Crippen molar-refractivity contribution in [2.45, 2.75) is 6.42 Å². The first kappa shape index (κ1) is 15.1.